The molecule has 1 atom stereocenters. The van der Waals surface area contributed by atoms with E-state index < -0.39 is 10.0 Å². The van der Waals surface area contributed by atoms with Gasteiger partial charge in [0, 0.05) is 25.0 Å². The van der Waals surface area contributed by atoms with E-state index in [1.807, 2.05) is 0 Å². The molecule has 0 aromatic carbocycles. The van der Waals surface area contributed by atoms with Gasteiger partial charge in [0.25, 0.3) is 0 Å². The van der Waals surface area contributed by atoms with Gasteiger partial charge in [-0.3, -0.25) is 4.79 Å². The Morgan fingerprint density at radius 2 is 1.70 bits per heavy atom. The van der Waals surface area contributed by atoms with Crippen LogP contribution in [-0.2, 0) is 14.8 Å². The molecule has 1 N–H and O–H groups in total. The summed E-state index contributed by atoms with van der Waals surface area (Å²) in [5, 5.41) is 3.27. The Balaban J connectivity index is 1.84. The monoisotopic (exact) mass is 344 g/mol. The number of carbonyl (C=O) groups excluding carboxylic acids is 1. The van der Waals surface area contributed by atoms with Gasteiger partial charge in [-0.2, -0.15) is 0 Å². The molecule has 2 rings (SSSR count). The van der Waals surface area contributed by atoms with Crippen LogP contribution in [0.1, 0.15) is 65.2 Å². The molecule has 2 aliphatic rings. The smallest absolute Gasteiger partial charge is 0.223 e. The van der Waals surface area contributed by atoms with E-state index in [9.17, 15) is 13.2 Å². The SMILES string of the molecule is CCC(NC(=O)C1CCN(S(=O)(=O)CC)CC1)C1CCCCC1. The first-order chi connectivity index (χ1) is 11.0. The van der Waals surface area contributed by atoms with Gasteiger partial charge in [0.2, 0.25) is 15.9 Å². The highest BCUT2D eigenvalue weighted by molar-refractivity contribution is 7.89. The van der Waals surface area contributed by atoms with Gasteiger partial charge in [0.05, 0.1) is 5.75 Å². The maximum Gasteiger partial charge on any atom is 0.223 e. The topological polar surface area (TPSA) is 66.5 Å². The van der Waals surface area contributed by atoms with Crippen molar-refractivity contribution < 1.29 is 13.2 Å². The lowest BCUT2D eigenvalue weighted by atomic mass is 9.82. The summed E-state index contributed by atoms with van der Waals surface area (Å²) < 4.78 is 25.3. The van der Waals surface area contributed by atoms with Crippen molar-refractivity contribution in [2.24, 2.45) is 11.8 Å². The van der Waals surface area contributed by atoms with Crippen LogP contribution >= 0.6 is 0 Å². The van der Waals surface area contributed by atoms with Crippen LogP contribution in [0.25, 0.3) is 0 Å². The molecule has 0 radical (unpaired) electrons. The summed E-state index contributed by atoms with van der Waals surface area (Å²) in [6.07, 6.45) is 8.62. The molecule has 23 heavy (non-hydrogen) atoms. The Kier molecular flexibility index (Phi) is 6.89. The van der Waals surface area contributed by atoms with Crippen molar-refractivity contribution in [3.63, 3.8) is 0 Å². The van der Waals surface area contributed by atoms with Crippen molar-refractivity contribution in [2.75, 3.05) is 18.8 Å². The predicted molar refractivity (Wildman–Crippen MR) is 92.6 cm³/mol. The van der Waals surface area contributed by atoms with Gasteiger partial charge >= 0.3 is 0 Å². The highest BCUT2D eigenvalue weighted by Crippen LogP contribution is 2.28. The molecule has 1 aliphatic carbocycles. The third kappa shape index (κ3) is 4.92. The van der Waals surface area contributed by atoms with E-state index >= 15 is 0 Å². The van der Waals surface area contributed by atoms with E-state index in [1.54, 1.807) is 6.92 Å². The van der Waals surface area contributed by atoms with Crippen LogP contribution in [0, 0.1) is 11.8 Å². The summed E-state index contributed by atoms with van der Waals surface area (Å²) in [4.78, 5) is 12.6. The van der Waals surface area contributed by atoms with Gasteiger partial charge < -0.3 is 5.32 Å². The van der Waals surface area contributed by atoms with Crippen molar-refractivity contribution in [3.05, 3.63) is 0 Å². The van der Waals surface area contributed by atoms with Crippen LogP contribution in [0.5, 0.6) is 0 Å². The van der Waals surface area contributed by atoms with Crippen LogP contribution in [0.2, 0.25) is 0 Å². The van der Waals surface area contributed by atoms with Crippen molar-refractivity contribution in [2.45, 2.75) is 71.3 Å². The summed E-state index contributed by atoms with van der Waals surface area (Å²) in [7, 11) is -3.11. The van der Waals surface area contributed by atoms with Crippen molar-refractivity contribution in [1.82, 2.24) is 9.62 Å². The minimum absolute atomic E-state index is 0.0315. The number of sulfonamides is 1. The molecule has 1 saturated carbocycles. The van der Waals surface area contributed by atoms with Gasteiger partial charge in [0.15, 0.2) is 0 Å². The standard InChI is InChI=1S/C17H32N2O3S/c1-3-16(14-8-6-5-7-9-14)18-17(20)15-10-12-19(13-11-15)23(21,22)4-2/h14-16H,3-13H2,1-2H3,(H,18,20). The zero-order valence-electron chi connectivity index (χ0n) is 14.6. The summed E-state index contributed by atoms with van der Waals surface area (Å²) in [5.41, 5.74) is 0. The van der Waals surface area contributed by atoms with E-state index in [2.05, 4.69) is 12.2 Å². The summed E-state index contributed by atoms with van der Waals surface area (Å²) in [6.45, 7) is 4.78. The highest BCUT2D eigenvalue weighted by Gasteiger charge is 2.32. The number of piperidine rings is 1. The molecule has 1 heterocycles. The lowest BCUT2D eigenvalue weighted by molar-refractivity contribution is -0.127. The van der Waals surface area contributed by atoms with Gasteiger partial charge in [-0.25, -0.2) is 12.7 Å². The Labute approximate surface area is 141 Å². The molecule has 0 aromatic heterocycles. The number of nitrogens with zero attached hydrogens (tertiary/aromatic N) is 1. The van der Waals surface area contributed by atoms with E-state index in [4.69, 9.17) is 0 Å². The number of nitrogens with one attached hydrogen (secondary N) is 1. The Hall–Kier alpha value is -0.620. The second kappa shape index (κ2) is 8.47. The average Bonchev–Trinajstić information content (AvgIpc) is 2.60. The number of carbonyl (C=O) groups is 1. The molecular formula is C17H32N2O3S. The lowest BCUT2D eigenvalue weighted by Crippen LogP contribution is -2.47. The van der Waals surface area contributed by atoms with Crippen LogP contribution in [0.3, 0.4) is 0 Å². The van der Waals surface area contributed by atoms with E-state index in [1.165, 1.54) is 36.4 Å². The maximum absolute atomic E-state index is 12.6. The fraction of sp³-hybridized carbons (Fsp3) is 0.941. The third-order valence-corrected chi connectivity index (χ3v) is 7.45. The number of amides is 1. The van der Waals surface area contributed by atoms with Crippen molar-refractivity contribution in [3.8, 4) is 0 Å². The third-order valence-electron chi connectivity index (χ3n) is 5.57. The van der Waals surface area contributed by atoms with Crippen LogP contribution in [0.15, 0.2) is 0 Å². The summed E-state index contributed by atoms with van der Waals surface area (Å²) >= 11 is 0. The second-order valence-corrected chi connectivity index (χ2v) is 9.25. The predicted octanol–water partition coefficient (Wildman–Crippen LogP) is 2.52. The van der Waals surface area contributed by atoms with Gasteiger partial charge in [-0.15, -0.1) is 0 Å². The fourth-order valence-corrected chi connectivity index (χ4v) is 5.10. The first kappa shape index (κ1) is 18.7. The Morgan fingerprint density at radius 1 is 1.09 bits per heavy atom. The molecule has 1 saturated heterocycles. The second-order valence-electron chi connectivity index (χ2n) is 7.00. The van der Waals surface area contributed by atoms with Crippen LogP contribution < -0.4 is 5.32 Å². The molecule has 1 aliphatic heterocycles. The zero-order valence-corrected chi connectivity index (χ0v) is 15.4. The largest absolute Gasteiger partial charge is 0.353 e. The highest BCUT2D eigenvalue weighted by atomic mass is 32.2. The van der Waals surface area contributed by atoms with Crippen LogP contribution in [0.4, 0.5) is 0 Å². The number of hydrogen-bond acceptors (Lipinski definition) is 3. The Morgan fingerprint density at radius 3 is 2.22 bits per heavy atom. The van der Waals surface area contributed by atoms with Crippen LogP contribution in [-0.4, -0.2) is 43.5 Å². The van der Waals surface area contributed by atoms with Gasteiger partial charge in [0.1, 0.15) is 0 Å². The number of rotatable bonds is 6. The molecule has 6 heteroatoms. The lowest BCUT2D eigenvalue weighted by Gasteiger charge is -2.34. The zero-order chi connectivity index (χ0) is 16.9. The van der Waals surface area contributed by atoms with E-state index in [0.29, 0.717) is 37.9 Å². The quantitative estimate of drug-likeness (QED) is 0.805. The van der Waals surface area contributed by atoms with E-state index in [0.717, 1.165) is 6.42 Å². The van der Waals surface area contributed by atoms with Crippen molar-refractivity contribution in [1.29, 1.82) is 0 Å². The maximum atomic E-state index is 12.6. The minimum Gasteiger partial charge on any atom is -0.353 e. The number of hydrogen-bond donors (Lipinski definition) is 1. The molecule has 0 bridgehead atoms. The minimum atomic E-state index is -3.11. The molecule has 134 valence electrons. The Bertz CT molecular complexity index is 478. The molecule has 5 nitrogen and oxygen atoms in total. The first-order valence-corrected chi connectivity index (χ1v) is 10.9. The fourth-order valence-electron chi connectivity index (χ4n) is 3.97. The van der Waals surface area contributed by atoms with Gasteiger partial charge in [-0.1, -0.05) is 26.2 Å². The molecule has 1 amide bonds. The molecule has 0 spiro atoms. The summed E-state index contributed by atoms with van der Waals surface area (Å²) in [6, 6.07) is 0.292. The normalized spacial score (nSPS) is 23.6. The molecule has 2 fully saturated rings. The summed E-state index contributed by atoms with van der Waals surface area (Å²) in [5.74, 6) is 0.869. The molecule has 0 aromatic rings. The molecule has 1 unspecified atom stereocenters. The first-order valence-electron chi connectivity index (χ1n) is 9.26. The van der Waals surface area contributed by atoms with Crippen molar-refractivity contribution >= 4 is 15.9 Å². The van der Waals surface area contributed by atoms with E-state index in [-0.39, 0.29) is 17.6 Å². The average molecular weight is 345 g/mol. The molecular weight excluding hydrogens is 312 g/mol. The van der Waals surface area contributed by atoms with Gasteiger partial charge in [-0.05, 0) is 44.9 Å².